The van der Waals surface area contributed by atoms with Crippen molar-refractivity contribution >= 4 is 11.9 Å². The fraction of sp³-hybridized carbons (Fsp3) is 0.409. The third-order valence-electron chi connectivity index (χ3n) is 5.34. The molecule has 1 atom stereocenters. The number of hydrogen-bond donors (Lipinski definition) is 2. The summed E-state index contributed by atoms with van der Waals surface area (Å²) in [4.78, 5) is 6.97. The molecule has 0 amide bonds. The number of pyridine rings is 1. The van der Waals surface area contributed by atoms with Crippen molar-refractivity contribution < 1.29 is 9.84 Å². The molecule has 5 nitrogen and oxygen atoms in total. The van der Waals surface area contributed by atoms with Crippen molar-refractivity contribution in [1.29, 1.82) is 0 Å². The number of nitrogens with one attached hydrogen (secondary N) is 1. The average Bonchev–Trinajstić information content (AvgIpc) is 2.67. The summed E-state index contributed by atoms with van der Waals surface area (Å²) in [5, 5.41) is 12.5. The Kier molecular flexibility index (Phi) is 5.41. The molecule has 2 N–H and O–H groups in total. The second-order valence-electron chi connectivity index (χ2n) is 7.33. The molecule has 1 aromatic heterocycles. The van der Waals surface area contributed by atoms with E-state index in [0.717, 1.165) is 44.5 Å². The molecule has 0 bridgehead atoms. The predicted octanol–water partition coefficient (Wildman–Crippen LogP) is 3.36. The van der Waals surface area contributed by atoms with Gasteiger partial charge in [0.15, 0.2) is 0 Å². The summed E-state index contributed by atoms with van der Waals surface area (Å²) in [6, 6.07) is 10.5. The van der Waals surface area contributed by atoms with Gasteiger partial charge in [0.25, 0.3) is 0 Å². The van der Waals surface area contributed by atoms with Gasteiger partial charge in [0.2, 0.25) is 5.88 Å². The van der Waals surface area contributed by atoms with Crippen LogP contribution < -0.4 is 10.1 Å². The number of aryl methyl sites for hydroxylation is 1. The molecular weight excluding hydrogens is 338 g/mol. The summed E-state index contributed by atoms with van der Waals surface area (Å²) in [5.41, 5.74) is 5.42. The first-order chi connectivity index (χ1) is 13.2. The van der Waals surface area contributed by atoms with Gasteiger partial charge in [-0.1, -0.05) is 24.3 Å². The van der Waals surface area contributed by atoms with Crippen LogP contribution in [0, 0.1) is 6.92 Å². The lowest BCUT2D eigenvalue weighted by molar-refractivity contribution is 0.232. The van der Waals surface area contributed by atoms with Crippen LogP contribution in [0.3, 0.4) is 0 Å². The highest BCUT2D eigenvalue weighted by atomic mass is 16.5. The molecule has 0 saturated carbocycles. The number of aromatic nitrogens is 1. The van der Waals surface area contributed by atoms with Crippen LogP contribution in [0.5, 0.6) is 5.88 Å². The standard InChI is InChI=1S/C22H27N3O2/c1-16-5-4-6-18-15-25(13-11-19(16)18)12-2-3-14-27-21-10-8-17-7-9-20(26)23-22(17)24-21/h4-10,20,26H,2-3,11-15H2,1H3,(H,23,24). The number of nitrogens with zero attached hydrogens (tertiary/aromatic N) is 2. The zero-order valence-corrected chi connectivity index (χ0v) is 15.8. The first kappa shape index (κ1) is 18.0. The average molecular weight is 365 g/mol. The number of anilines is 1. The Hall–Kier alpha value is -2.37. The number of unbranched alkanes of at least 4 members (excludes halogenated alkanes) is 1. The summed E-state index contributed by atoms with van der Waals surface area (Å²) < 4.78 is 5.79. The molecule has 4 rings (SSSR count). The van der Waals surface area contributed by atoms with Crippen LogP contribution in [0.25, 0.3) is 6.08 Å². The van der Waals surface area contributed by atoms with E-state index in [1.54, 1.807) is 11.6 Å². The fourth-order valence-corrected chi connectivity index (χ4v) is 3.83. The highest BCUT2D eigenvalue weighted by molar-refractivity contribution is 5.67. The first-order valence-electron chi connectivity index (χ1n) is 9.75. The number of aliphatic hydroxyl groups is 1. The van der Waals surface area contributed by atoms with Crippen LogP contribution in [0.15, 0.2) is 36.4 Å². The Morgan fingerprint density at radius 3 is 3.11 bits per heavy atom. The highest BCUT2D eigenvalue weighted by Gasteiger charge is 2.17. The molecule has 5 heteroatoms. The first-order valence-corrected chi connectivity index (χ1v) is 9.75. The van der Waals surface area contributed by atoms with E-state index in [1.165, 1.54) is 11.1 Å². The van der Waals surface area contributed by atoms with Crippen molar-refractivity contribution in [3.63, 3.8) is 0 Å². The molecule has 0 fully saturated rings. The molecule has 2 aliphatic heterocycles. The number of hydrogen-bond acceptors (Lipinski definition) is 5. The molecule has 1 unspecified atom stereocenters. The van der Waals surface area contributed by atoms with Gasteiger partial charge in [-0.25, -0.2) is 0 Å². The van der Waals surface area contributed by atoms with Crippen molar-refractivity contribution in [2.45, 2.75) is 39.0 Å². The number of fused-ring (bicyclic) bond motifs is 2. The third kappa shape index (κ3) is 4.31. The zero-order chi connectivity index (χ0) is 18.6. The topological polar surface area (TPSA) is 57.6 Å². The van der Waals surface area contributed by atoms with E-state index in [2.05, 4.69) is 40.3 Å². The fourth-order valence-electron chi connectivity index (χ4n) is 3.83. The maximum Gasteiger partial charge on any atom is 0.215 e. The molecular formula is C22H27N3O2. The van der Waals surface area contributed by atoms with Gasteiger partial charge in [0.1, 0.15) is 12.0 Å². The minimum Gasteiger partial charge on any atom is -0.478 e. The number of ether oxygens (including phenoxy) is 1. The Morgan fingerprint density at radius 2 is 2.19 bits per heavy atom. The minimum atomic E-state index is -0.682. The maximum atomic E-state index is 9.61. The summed E-state index contributed by atoms with van der Waals surface area (Å²) in [5.74, 6) is 1.27. The lowest BCUT2D eigenvalue weighted by Gasteiger charge is -2.29. The largest absolute Gasteiger partial charge is 0.478 e. The van der Waals surface area contributed by atoms with Crippen molar-refractivity contribution in [1.82, 2.24) is 9.88 Å². The van der Waals surface area contributed by atoms with E-state index < -0.39 is 6.23 Å². The van der Waals surface area contributed by atoms with Crippen LogP contribution in [0.2, 0.25) is 0 Å². The Balaban J connectivity index is 1.20. The minimum absolute atomic E-state index is 0.603. The second-order valence-corrected chi connectivity index (χ2v) is 7.33. The van der Waals surface area contributed by atoms with Gasteiger partial charge in [-0.2, -0.15) is 4.98 Å². The van der Waals surface area contributed by atoms with E-state index in [9.17, 15) is 5.11 Å². The smallest absolute Gasteiger partial charge is 0.215 e. The van der Waals surface area contributed by atoms with Crippen molar-refractivity contribution in [2.24, 2.45) is 0 Å². The van der Waals surface area contributed by atoms with E-state index in [-0.39, 0.29) is 0 Å². The lowest BCUT2D eigenvalue weighted by atomic mass is 9.95. The van der Waals surface area contributed by atoms with E-state index in [0.29, 0.717) is 18.3 Å². The van der Waals surface area contributed by atoms with Gasteiger partial charge in [-0.3, -0.25) is 4.90 Å². The molecule has 0 saturated heterocycles. The second kappa shape index (κ2) is 8.11. The summed E-state index contributed by atoms with van der Waals surface area (Å²) >= 11 is 0. The quantitative estimate of drug-likeness (QED) is 0.769. The molecule has 1 aromatic carbocycles. The van der Waals surface area contributed by atoms with Gasteiger partial charge in [-0.15, -0.1) is 0 Å². The molecule has 0 radical (unpaired) electrons. The molecule has 0 spiro atoms. The van der Waals surface area contributed by atoms with Gasteiger partial charge in [-0.05, 0) is 61.6 Å². The Morgan fingerprint density at radius 1 is 1.26 bits per heavy atom. The van der Waals surface area contributed by atoms with Crippen molar-refractivity contribution in [3.8, 4) is 5.88 Å². The van der Waals surface area contributed by atoms with Crippen molar-refractivity contribution in [3.05, 3.63) is 58.7 Å². The van der Waals surface area contributed by atoms with Gasteiger partial charge in [0, 0.05) is 24.7 Å². The molecule has 2 aromatic rings. The predicted molar refractivity (Wildman–Crippen MR) is 108 cm³/mol. The molecule has 2 aliphatic rings. The van der Waals surface area contributed by atoms with Crippen LogP contribution >= 0.6 is 0 Å². The summed E-state index contributed by atoms with van der Waals surface area (Å²) in [7, 11) is 0. The van der Waals surface area contributed by atoms with Gasteiger partial charge < -0.3 is 15.2 Å². The summed E-state index contributed by atoms with van der Waals surface area (Å²) in [6.07, 6.45) is 6.16. The van der Waals surface area contributed by atoms with Gasteiger partial charge in [0.05, 0.1) is 6.61 Å². The number of rotatable bonds is 6. The molecule has 27 heavy (non-hydrogen) atoms. The molecule has 0 aliphatic carbocycles. The lowest BCUT2D eigenvalue weighted by Crippen LogP contribution is -2.31. The third-order valence-corrected chi connectivity index (χ3v) is 5.34. The normalized spacial score (nSPS) is 18.5. The zero-order valence-electron chi connectivity index (χ0n) is 15.8. The van der Waals surface area contributed by atoms with Crippen LogP contribution in [0.1, 0.15) is 35.1 Å². The Bertz CT molecular complexity index is 834. The SMILES string of the molecule is Cc1cccc2c1CCN(CCCCOc1ccc3c(n1)NC(O)C=C3)C2. The highest BCUT2D eigenvalue weighted by Crippen LogP contribution is 2.24. The maximum absolute atomic E-state index is 9.61. The summed E-state index contributed by atoms with van der Waals surface area (Å²) in [6.45, 7) is 6.19. The Labute approximate surface area is 160 Å². The van der Waals surface area contributed by atoms with E-state index in [4.69, 9.17) is 4.74 Å². The molecule has 142 valence electrons. The van der Waals surface area contributed by atoms with Crippen LogP contribution in [-0.2, 0) is 13.0 Å². The van der Waals surface area contributed by atoms with Crippen molar-refractivity contribution in [2.75, 3.05) is 25.0 Å². The van der Waals surface area contributed by atoms with Crippen LogP contribution in [0.4, 0.5) is 5.82 Å². The monoisotopic (exact) mass is 365 g/mol. The van der Waals surface area contributed by atoms with E-state index >= 15 is 0 Å². The van der Waals surface area contributed by atoms with Crippen LogP contribution in [-0.4, -0.2) is 40.9 Å². The van der Waals surface area contributed by atoms with Gasteiger partial charge >= 0.3 is 0 Å². The molecule has 3 heterocycles. The number of benzene rings is 1. The van der Waals surface area contributed by atoms with E-state index in [1.807, 2.05) is 18.2 Å². The number of aliphatic hydroxyl groups excluding tert-OH is 1.